The average molecular weight is 553 g/mol. The lowest BCUT2D eigenvalue weighted by Gasteiger charge is -2.52. The number of nitrogens with zero attached hydrogens (tertiary/aromatic N) is 4. The van der Waals surface area contributed by atoms with Gasteiger partial charge in [-0.05, 0) is 70.2 Å². The lowest BCUT2D eigenvalue weighted by molar-refractivity contribution is -0.126. The van der Waals surface area contributed by atoms with E-state index in [1.807, 2.05) is 36.9 Å². The predicted octanol–water partition coefficient (Wildman–Crippen LogP) is 5.49. The van der Waals surface area contributed by atoms with Crippen molar-refractivity contribution in [1.82, 2.24) is 19.6 Å². The van der Waals surface area contributed by atoms with E-state index in [2.05, 4.69) is 21.6 Å². The Kier molecular flexibility index (Phi) is 9.72. The van der Waals surface area contributed by atoms with Gasteiger partial charge in [0.15, 0.2) is 0 Å². The van der Waals surface area contributed by atoms with E-state index in [-0.39, 0.29) is 17.6 Å². The van der Waals surface area contributed by atoms with Crippen molar-refractivity contribution in [2.45, 2.75) is 96.6 Å². The Morgan fingerprint density at radius 3 is 2.27 bits per heavy atom. The molecule has 4 aliphatic heterocycles. The molecule has 222 valence electrons. The zero-order valence-electron chi connectivity index (χ0n) is 25.3. The maximum Gasteiger partial charge on any atom is 0.410 e. The highest BCUT2D eigenvalue weighted by atomic mass is 16.6. The molecule has 1 aromatic carbocycles. The van der Waals surface area contributed by atoms with E-state index in [1.54, 1.807) is 0 Å². The Morgan fingerprint density at radius 2 is 1.62 bits per heavy atom. The van der Waals surface area contributed by atoms with Crippen LogP contribution >= 0.6 is 0 Å². The van der Waals surface area contributed by atoms with Crippen LogP contribution in [0.4, 0.5) is 4.79 Å². The fourth-order valence-corrected chi connectivity index (χ4v) is 7.78. The first-order valence-electron chi connectivity index (χ1n) is 16.2. The first-order chi connectivity index (χ1) is 19.4. The zero-order valence-corrected chi connectivity index (χ0v) is 25.3. The molecule has 5 rings (SSSR count). The van der Waals surface area contributed by atoms with Crippen LogP contribution in [-0.2, 0) is 4.74 Å². The third-order valence-electron chi connectivity index (χ3n) is 10.4. The highest BCUT2D eigenvalue weighted by Crippen LogP contribution is 2.41. The number of aryl methyl sites for hydroxylation is 2. The third kappa shape index (κ3) is 6.51. The molecule has 1 aromatic rings. The first-order valence-corrected chi connectivity index (χ1v) is 16.2. The van der Waals surface area contributed by atoms with Crippen molar-refractivity contribution in [3.63, 3.8) is 0 Å². The molecule has 1 unspecified atom stereocenters. The molecule has 4 saturated heterocycles. The third-order valence-corrected chi connectivity index (χ3v) is 10.4. The van der Waals surface area contributed by atoms with Crippen molar-refractivity contribution in [3.8, 4) is 0 Å². The topological polar surface area (TPSA) is 56.3 Å². The summed E-state index contributed by atoms with van der Waals surface area (Å²) in [7, 11) is 0. The number of benzene rings is 1. The van der Waals surface area contributed by atoms with Crippen molar-refractivity contribution >= 4 is 12.0 Å². The Bertz CT molecular complexity index is 987. The van der Waals surface area contributed by atoms with Crippen LogP contribution in [0.2, 0.25) is 0 Å². The van der Waals surface area contributed by atoms with Gasteiger partial charge in [0.05, 0.1) is 0 Å². The van der Waals surface area contributed by atoms with Gasteiger partial charge in [0, 0.05) is 76.2 Å². The minimum absolute atomic E-state index is 0.0865. The second-order valence-electron chi connectivity index (χ2n) is 12.9. The van der Waals surface area contributed by atoms with E-state index in [1.165, 1.54) is 45.2 Å². The monoisotopic (exact) mass is 552 g/mol. The molecule has 0 radical (unpaired) electrons. The fourth-order valence-electron chi connectivity index (χ4n) is 7.78. The smallest absolute Gasteiger partial charge is 0.410 e. The maximum atomic E-state index is 13.3. The molecule has 0 N–H and O–H groups in total. The van der Waals surface area contributed by atoms with Crippen LogP contribution in [0, 0.1) is 19.8 Å². The Labute approximate surface area is 242 Å². The quantitative estimate of drug-likeness (QED) is 0.427. The number of unbranched alkanes of at least 4 members (excludes halogenated alkanes) is 1. The van der Waals surface area contributed by atoms with Gasteiger partial charge in [0.2, 0.25) is 0 Å². The number of carbonyl (C=O) groups is 2. The molecule has 0 saturated carbocycles. The highest BCUT2D eigenvalue weighted by molar-refractivity contribution is 5.97. The van der Waals surface area contributed by atoms with Crippen molar-refractivity contribution in [2.24, 2.45) is 5.92 Å². The lowest BCUT2D eigenvalue weighted by Crippen LogP contribution is -2.61. The molecule has 4 aliphatic rings. The Balaban J connectivity index is 1.14. The van der Waals surface area contributed by atoms with Crippen LogP contribution in [0.5, 0.6) is 0 Å². The standard InChI is InChI=1S/C33H52N4O3/c1-4-5-12-28-25-37(24-23-34-17-7-6-8-18-34)32(39)40-33(28)15-21-35(22-16-33)29-13-19-36(20-14-29)31(38)30-26(2)10-9-11-27(30)3/h9-11,28-29H,4-8,12-25H2,1-3H3. The van der Waals surface area contributed by atoms with Crippen LogP contribution in [-0.4, -0.2) is 102 Å². The van der Waals surface area contributed by atoms with Gasteiger partial charge in [-0.3, -0.25) is 9.69 Å². The van der Waals surface area contributed by atoms with Crippen LogP contribution in [0.1, 0.15) is 92.6 Å². The van der Waals surface area contributed by atoms with Crippen LogP contribution in [0.25, 0.3) is 0 Å². The van der Waals surface area contributed by atoms with Gasteiger partial charge in [0.25, 0.3) is 5.91 Å². The van der Waals surface area contributed by atoms with Crippen molar-refractivity contribution < 1.29 is 14.3 Å². The van der Waals surface area contributed by atoms with E-state index in [0.29, 0.717) is 12.0 Å². The summed E-state index contributed by atoms with van der Waals surface area (Å²) in [6.45, 7) is 14.9. The molecule has 4 fully saturated rings. The summed E-state index contributed by atoms with van der Waals surface area (Å²) in [5, 5.41) is 0. The summed E-state index contributed by atoms with van der Waals surface area (Å²) in [6, 6.07) is 6.61. The molecule has 40 heavy (non-hydrogen) atoms. The van der Waals surface area contributed by atoms with E-state index in [4.69, 9.17) is 4.74 Å². The number of rotatable bonds is 8. The van der Waals surface area contributed by atoms with E-state index >= 15 is 0 Å². The average Bonchev–Trinajstić information content (AvgIpc) is 2.97. The van der Waals surface area contributed by atoms with Gasteiger partial charge in [0.1, 0.15) is 5.60 Å². The van der Waals surface area contributed by atoms with Gasteiger partial charge in [-0.1, -0.05) is 44.4 Å². The van der Waals surface area contributed by atoms with Crippen molar-refractivity contribution in [3.05, 3.63) is 34.9 Å². The minimum Gasteiger partial charge on any atom is -0.442 e. The Morgan fingerprint density at radius 1 is 0.950 bits per heavy atom. The molecule has 7 heteroatoms. The molecule has 1 atom stereocenters. The van der Waals surface area contributed by atoms with Crippen molar-refractivity contribution in [1.29, 1.82) is 0 Å². The first kappa shape index (κ1) is 29.4. The van der Waals surface area contributed by atoms with Gasteiger partial charge in [-0.25, -0.2) is 4.79 Å². The molecule has 4 heterocycles. The van der Waals surface area contributed by atoms with Gasteiger partial charge in [-0.15, -0.1) is 0 Å². The van der Waals surface area contributed by atoms with Crippen LogP contribution in [0.3, 0.4) is 0 Å². The molecule has 2 amide bonds. The fraction of sp³-hybridized carbons (Fsp3) is 0.758. The molecule has 7 nitrogen and oxygen atoms in total. The molecule has 0 aromatic heterocycles. The van der Waals surface area contributed by atoms with Gasteiger partial charge in [-0.2, -0.15) is 0 Å². The summed E-state index contributed by atoms with van der Waals surface area (Å²) in [5.41, 5.74) is 2.71. The molecule has 0 bridgehead atoms. The zero-order chi connectivity index (χ0) is 28.1. The van der Waals surface area contributed by atoms with Crippen molar-refractivity contribution in [2.75, 3.05) is 58.9 Å². The molecular formula is C33H52N4O3. The summed E-state index contributed by atoms with van der Waals surface area (Å²) in [6.07, 6.45) is 11.3. The number of carbonyl (C=O) groups excluding carboxylic acids is 2. The number of piperidine rings is 3. The number of likely N-dealkylation sites (tertiary alicyclic amines) is 3. The van der Waals surface area contributed by atoms with E-state index in [0.717, 1.165) is 94.6 Å². The lowest BCUT2D eigenvalue weighted by atomic mass is 9.75. The number of amides is 2. The number of ether oxygens (including phenoxy) is 1. The van der Waals surface area contributed by atoms with Gasteiger partial charge < -0.3 is 19.4 Å². The molecule has 0 aliphatic carbocycles. The summed E-state index contributed by atoms with van der Waals surface area (Å²) in [5.74, 6) is 0.606. The van der Waals surface area contributed by atoms with Crippen LogP contribution in [0.15, 0.2) is 18.2 Å². The summed E-state index contributed by atoms with van der Waals surface area (Å²) < 4.78 is 6.42. The summed E-state index contributed by atoms with van der Waals surface area (Å²) in [4.78, 5) is 35.7. The second-order valence-corrected chi connectivity index (χ2v) is 12.9. The highest BCUT2D eigenvalue weighted by Gasteiger charge is 2.50. The molecule has 1 spiro atoms. The summed E-state index contributed by atoms with van der Waals surface area (Å²) >= 11 is 0. The predicted molar refractivity (Wildman–Crippen MR) is 160 cm³/mol. The minimum atomic E-state index is -0.302. The van der Waals surface area contributed by atoms with Gasteiger partial charge >= 0.3 is 6.09 Å². The van der Waals surface area contributed by atoms with Crippen LogP contribution < -0.4 is 0 Å². The second kappa shape index (κ2) is 13.2. The largest absolute Gasteiger partial charge is 0.442 e. The Hall–Kier alpha value is -2.12. The number of hydrogen-bond acceptors (Lipinski definition) is 5. The van der Waals surface area contributed by atoms with E-state index < -0.39 is 0 Å². The van der Waals surface area contributed by atoms with E-state index in [9.17, 15) is 9.59 Å². The maximum absolute atomic E-state index is 13.3. The normalized spacial score (nSPS) is 24.9. The number of hydrogen-bond donors (Lipinski definition) is 0. The molecular weight excluding hydrogens is 500 g/mol. The SMILES string of the molecule is CCCCC1CN(CCN2CCCCC2)C(=O)OC12CCN(C1CCN(C(=O)c3c(C)cccc3C)CC1)CC2.